The fourth-order valence-corrected chi connectivity index (χ4v) is 1.02. The van der Waals surface area contributed by atoms with E-state index in [4.69, 9.17) is 10.5 Å². The summed E-state index contributed by atoms with van der Waals surface area (Å²) in [4.78, 5) is 10.7. The molecule has 0 spiro atoms. The molecule has 16 heavy (non-hydrogen) atoms. The number of carbonyl (C=O) groups excluding carboxylic acids is 1. The fourth-order valence-electron chi connectivity index (χ4n) is 1.02. The van der Waals surface area contributed by atoms with Crippen LogP contribution in [-0.2, 0) is 4.79 Å². The Morgan fingerprint density at radius 1 is 1.44 bits per heavy atom. The molecule has 0 heterocycles. The average molecular weight is 230 g/mol. The predicted octanol–water partition coefficient (Wildman–Crippen LogP) is 0.419. The zero-order valence-electron chi connectivity index (χ0n) is 8.50. The van der Waals surface area contributed by atoms with E-state index in [1.54, 1.807) is 0 Å². The summed E-state index contributed by atoms with van der Waals surface area (Å²) in [5, 5.41) is 2.45. The molecule has 0 aliphatic rings. The van der Waals surface area contributed by atoms with Crippen LogP contribution in [0.4, 0.5) is 8.78 Å². The summed E-state index contributed by atoms with van der Waals surface area (Å²) >= 11 is 0. The van der Waals surface area contributed by atoms with E-state index in [1.165, 1.54) is 6.07 Å². The summed E-state index contributed by atoms with van der Waals surface area (Å²) in [5.74, 6) is -1.81. The maximum absolute atomic E-state index is 13.0. The summed E-state index contributed by atoms with van der Waals surface area (Å²) in [6.07, 6.45) is 0. The molecule has 1 aromatic rings. The molecule has 0 fully saturated rings. The van der Waals surface area contributed by atoms with Crippen LogP contribution in [0.2, 0.25) is 0 Å². The van der Waals surface area contributed by atoms with Crippen molar-refractivity contribution >= 4 is 5.91 Å². The lowest BCUT2D eigenvalue weighted by Crippen LogP contribution is -2.33. The first-order valence-corrected chi connectivity index (χ1v) is 4.68. The molecule has 0 saturated heterocycles. The minimum Gasteiger partial charge on any atom is -0.489 e. The number of rotatable bonds is 5. The molecule has 4 nitrogen and oxygen atoms in total. The number of hydrogen-bond acceptors (Lipinski definition) is 3. The lowest BCUT2D eigenvalue weighted by atomic mass is 10.3. The number of carbonyl (C=O) groups is 1. The Hall–Kier alpha value is -1.69. The minimum atomic E-state index is -0.773. The highest BCUT2D eigenvalue weighted by Crippen LogP contribution is 2.16. The van der Waals surface area contributed by atoms with Crippen molar-refractivity contribution in [3.05, 3.63) is 29.8 Å². The maximum atomic E-state index is 13.0. The van der Waals surface area contributed by atoms with Gasteiger partial charge in [-0.3, -0.25) is 4.79 Å². The summed E-state index contributed by atoms with van der Waals surface area (Å²) in [6, 6.07) is 3.01. The van der Waals surface area contributed by atoms with Crippen LogP contribution in [0, 0.1) is 11.6 Å². The van der Waals surface area contributed by atoms with Gasteiger partial charge in [0.05, 0.1) is 13.1 Å². The molecular weight excluding hydrogens is 218 g/mol. The van der Waals surface area contributed by atoms with Crippen molar-refractivity contribution in [2.24, 2.45) is 5.73 Å². The highest BCUT2D eigenvalue weighted by molar-refractivity contribution is 5.77. The molecule has 0 bridgehead atoms. The van der Waals surface area contributed by atoms with Gasteiger partial charge >= 0.3 is 0 Å². The van der Waals surface area contributed by atoms with Crippen molar-refractivity contribution in [3.63, 3.8) is 0 Å². The normalized spacial score (nSPS) is 9.94. The molecule has 1 rings (SSSR count). The van der Waals surface area contributed by atoms with Crippen LogP contribution >= 0.6 is 0 Å². The van der Waals surface area contributed by atoms with Gasteiger partial charge < -0.3 is 15.8 Å². The molecule has 6 heteroatoms. The van der Waals surface area contributed by atoms with Crippen LogP contribution in [0.5, 0.6) is 5.75 Å². The molecule has 0 saturated carbocycles. The standard InChI is InChI=1S/C10H12F2N2O2/c11-7-1-2-9(8(12)5-7)16-4-3-14-10(15)6-13/h1-2,5H,3-4,6,13H2,(H,14,15). The van der Waals surface area contributed by atoms with Crippen LogP contribution in [0.25, 0.3) is 0 Å². The number of halogens is 2. The Balaban J connectivity index is 2.35. The molecule has 0 aromatic heterocycles. The number of benzene rings is 1. The van der Waals surface area contributed by atoms with E-state index in [1.807, 2.05) is 0 Å². The molecule has 3 N–H and O–H groups in total. The summed E-state index contributed by atoms with van der Waals surface area (Å²) in [7, 11) is 0. The first-order chi connectivity index (χ1) is 7.63. The Morgan fingerprint density at radius 3 is 2.81 bits per heavy atom. The van der Waals surface area contributed by atoms with Gasteiger partial charge in [-0.15, -0.1) is 0 Å². The van der Waals surface area contributed by atoms with E-state index in [0.29, 0.717) is 0 Å². The van der Waals surface area contributed by atoms with Gasteiger partial charge in [-0.1, -0.05) is 0 Å². The minimum absolute atomic E-state index is 0.0524. The van der Waals surface area contributed by atoms with Gasteiger partial charge in [-0.05, 0) is 12.1 Å². The first kappa shape index (κ1) is 12.4. The number of amides is 1. The second-order valence-corrected chi connectivity index (χ2v) is 2.98. The molecule has 0 radical (unpaired) electrons. The van der Waals surface area contributed by atoms with Crippen LogP contribution < -0.4 is 15.8 Å². The van der Waals surface area contributed by atoms with Gasteiger partial charge in [0.25, 0.3) is 0 Å². The molecule has 1 amide bonds. The predicted molar refractivity (Wildman–Crippen MR) is 53.9 cm³/mol. The maximum Gasteiger partial charge on any atom is 0.233 e. The Kier molecular flexibility index (Phi) is 4.65. The number of nitrogens with one attached hydrogen (secondary N) is 1. The third kappa shape index (κ3) is 3.82. The van der Waals surface area contributed by atoms with Crippen LogP contribution in [0.3, 0.4) is 0 Å². The molecule has 88 valence electrons. The van der Waals surface area contributed by atoms with Gasteiger partial charge in [0.1, 0.15) is 12.4 Å². The number of hydrogen-bond donors (Lipinski definition) is 2. The summed E-state index contributed by atoms with van der Waals surface area (Å²) in [5.41, 5.74) is 5.05. The topological polar surface area (TPSA) is 64.4 Å². The lowest BCUT2D eigenvalue weighted by molar-refractivity contribution is -0.119. The van der Waals surface area contributed by atoms with Gasteiger partial charge in [0.2, 0.25) is 5.91 Å². The van der Waals surface area contributed by atoms with E-state index in [0.717, 1.165) is 12.1 Å². The Labute approximate surface area is 91.4 Å². The third-order valence-corrected chi connectivity index (χ3v) is 1.76. The van der Waals surface area contributed by atoms with Crippen molar-refractivity contribution < 1.29 is 18.3 Å². The van der Waals surface area contributed by atoms with E-state index >= 15 is 0 Å². The Bertz CT molecular complexity index is 372. The fraction of sp³-hybridized carbons (Fsp3) is 0.300. The van der Waals surface area contributed by atoms with E-state index in [9.17, 15) is 13.6 Å². The third-order valence-electron chi connectivity index (χ3n) is 1.76. The molecule has 0 unspecified atom stereocenters. The van der Waals surface area contributed by atoms with Gasteiger partial charge in [0.15, 0.2) is 11.6 Å². The number of ether oxygens (including phenoxy) is 1. The van der Waals surface area contributed by atoms with Gasteiger partial charge in [-0.2, -0.15) is 0 Å². The van der Waals surface area contributed by atoms with Crippen molar-refractivity contribution in [2.45, 2.75) is 0 Å². The number of nitrogens with two attached hydrogens (primary N) is 1. The first-order valence-electron chi connectivity index (χ1n) is 4.68. The lowest BCUT2D eigenvalue weighted by Gasteiger charge is -2.07. The smallest absolute Gasteiger partial charge is 0.233 e. The van der Waals surface area contributed by atoms with Gasteiger partial charge in [-0.25, -0.2) is 8.78 Å². The van der Waals surface area contributed by atoms with Crippen molar-refractivity contribution in [3.8, 4) is 5.75 Å². The molecule has 0 atom stereocenters. The zero-order chi connectivity index (χ0) is 12.0. The van der Waals surface area contributed by atoms with Gasteiger partial charge in [0, 0.05) is 6.07 Å². The van der Waals surface area contributed by atoms with Crippen molar-refractivity contribution in [1.82, 2.24) is 5.32 Å². The molecular formula is C10H12F2N2O2. The van der Waals surface area contributed by atoms with E-state index in [-0.39, 0.29) is 31.4 Å². The van der Waals surface area contributed by atoms with Crippen LogP contribution in [0.15, 0.2) is 18.2 Å². The van der Waals surface area contributed by atoms with E-state index in [2.05, 4.69) is 5.32 Å². The second-order valence-electron chi connectivity index (χ2n) is 2.98. The quantitative estimate of drug-likeness (QED) is 0.720. The summed E-state index contributed by atoms with van der Waals surface area (Å²) in [6.45, 7) is 0.200. The average Bonchev–Trinajstić information content (AvgIpc) is 2.26. The highest BCUT2D eigenvalue weighted by Gasteiger charge is 2.04. The molecule has 0 aliphatic carbocycles. The molecule has 1 aromatic carbocycles. The van der Waals surface area contributed by atoms with Crippen LogP contribution in [0.1, 0.15) is 0 Å². The van der Waals surface area contributed by atoms with Crippen molar-refractivity contribution in [2.75, 3.05) is 19.7 Å². The largest absolute Gasteiger partial charge is 0.489 e. The SMILES string of the molecule is NCC(=O)NCCOc1ccc(F)cc1F. The molecule has 0 aliphatic heterocycles. The monoisotopic (exact) mass is 230 g/mol. The van der Waals surface area contributed by atoms with Crippen LogP contribution in [-0.4, -0.2) is 25.6 Å². The van der Waals surface area contributed by atoms with Crippen molar-refractivity contribution in [1.29, 1.82) is 0 Å². The Morgan fingerprint density at radius 2 is 2.19 bits per heavy atom. The van der Waals surface area contributed by atoms with E-state index < -0.39 is 11.6 Å². The highest BCUT2D eigenvalue weighted by atomic mass is 19.1. The second kappa shape index (κ2) is 6.02. The summed E-state index contributed by atoms with van der Waals surface area (Å²) < 4.78 is 30.5. The zero-order valence-corrected chi connectivity index (χ0v) is 8.50.